The SMILES string of the molecule is COCc1nc2cc(NC(=O)Cc3ccccc3)cc(C(=O)N(C)CC3CCCCO3)c2n1C. The van der Waals surface area contributed by atoms with Gasteiger partial charge in [-0.25, -0.2) is 4.98 Å². The third-order valence-corrected chi connectivity index (χ3v) is 6.16. The molecular formula is C26H32N4O4. The third-order valence-electron chi connectivity index (χ3n) is 6.16. The molecule has 180 valence electrons. The number of ether oxygens (including phenoxy) is 2. The summed E-state index contributed by atoms with van der Waals surface area (Å²) in [6.45, 7) is 1.58. The molecule has 0 bridgehead atoms. The minimum atomic E-state index is -0.152. The normalized spacial score (nSPS) is 15.9. The summed E-state index contributed by atoms with van der Waals surface area (Å²) in [5.74, 6) is 0.420. The third kappa shape index (κ3) is 5.46. The number of hydrogen-bond acceptors (Lipinski definition) is 5. The standard InChI is InChI=1S/C26H32N4O4/c1-29(16-20-11-7-8-12-34-20)26(32)21-14-19(27-24(31)13-18-9-5-4-6-10-18)15-22-25(21)30(2)23(28-22)17-33-3/h4-6,9-10,14-15,20H,7-8,11-13,16-17H2,1-3H3,(H,27,31). The van der Waals surface area contributed by atoms with Gasteiger partial charge in [0.1, 0.15) is 12.4 Å². The molecule has 0 aliphatic carbocycles. The van der Waals surface area contributed by atoms with Crippen molar-refractivity contribution in [3.05, 3.63) is 59.4 Å². The molecular weight excluding hydrogens is 432 g/mol. The maximum atomic E-state index is 13.6. The second kappa shape index (κ2) is 10.8. The molecule has 3 aromatic rings. The Morgan fingerprint density at radius 1 is 1.24 bits per heavy atom. The van der Waals surface area contributed by atoms with Gasteiger partial charge in [0.25, 0.3) is 5.91 Å². The maximum absolute atomic E-state index is 13.6. The van der Waals surface area contributed by atoms with Gasteiger partial charge in [0.05, 0.1) is 29.1 Å². The van der Waals surface area contributed by atoms with Crippen LogP contribution in [-0.2, 0) is 34.3 Å². The maximum Gasteiger partial charge on any atom is 0.255 e. The predicted octanol–water partition coefficient (Wildman–Crippen LogP) is 3.54. The highest BCUT2D eigenvalue weighted by Gasteiger charge is 2.24. The zero-order valence-corrected chi connectivity index (χ0v) is 20.0. The number of rotatable bonds is 8. The van der Waals surface area contributed by atoms with Crippen LogP contribution >= 0.6 is 0 Å². The van der Waals surface area contributed by atoms with Crippen molar-refractivity contribution in [3.8, 4) is 0 Å². The van der Waals surface area contributed by atoms with Crippen LogP contribution in [0.25, 0.3) is 11.0 Å². The number of benzene rings is 2. The van der Waals surface area contributed by atoms with Crippen molar-refractivity contribution < 1.29 is 19.1 Å². The molecule has 1 N–H and O–H groups in total. The van der Waals surface area contributed by atoms with Crippen LogP contribution in [0.2, 0.25) is 0 Å². The number of aromatic nitrogens is 2. The molecule has 1 aliphatic heterocycles. The molecule has 8 nitrogen and oxygen atoms in total. The summed E-state index contributed by atoms with van der Waals surface area (Å²) in [5.41, 5.74) is 3.31. The fraction of sp³-hybridized carbons (Fsp3) is 0.423. The Kier molecular flexibility index (Phi) is 7.59. The van der Waals surface area contributed by atoms with Crippen molar-refractivity contribution in [2.75, 3.05) is 32.6 Å². The summed E-state index contributed by atoms with van der Waals surface area (Å²) in [6, 6.07) is 13.1. The largest absolute Gasteiger partial charge is 0.377 e. The lowest BCUT2D eigenvalue weighted by molar-refractivity contribution is -0.115. The van der Waals surface area contributed by atoms with Crippen LogP contribution in [-0.4, -0.2) is 59.7 Å². The van der Waals surface area contributed by atoms with E-state index in [-0.39, 0.29) is 24.3 Å². The lowest BCUT2D eigenvalue weighted by atomic mass is 10.1. The number of aryl methyl sites for hydroxylation is 1. The van der Waals surface area contributed by atoms with Crippen molar-refractivity contribution in [1.82, 2.24) is 14.5 Å². The Balaban J connectivity index is 1.63. The summed E-state index contributed by atoms with van der Waals surface area (Å²) in [4.78, 5) is 32.6. The van der Waals surface area contributed by atoms with Gasteiger partial charge in [0.15, 0.2) is 0 Å². The zero-order valence-electron chi connectivity index (χ0n) is 20.0. The van der Waals surface area contributed by atoms with E-state index in [0.717, 1.165) is 36.9 Å². The number of nitrogens with zero attached hydrogens (tertiary/aromatic N) is 3. The van der Waals surface area contributed by atoms with Gasteiger partial charge in [-0.15, -0.1) is 0 Å². The number of carbonyl (C=O) groups excluding carboxylic acids is 2. The number of carbonyl (C=O) groups is 2. The highest BCUT2D eigenvalue weighted by molar-refractivity contribution is 6.07. The van der Waals surface area contributed by atoms with Gasteiger partial charge < -0.3 is 24.3 Å². The van der Waals surface area contributed by atoms with Crippen molar-refractivity contribution >= 4 is 28.5 Å². The number of amides is 2. The molecule has 0 radical (unpaired) electrons. The summed E-state index contributed by atoms with van der Waals surface area (Å²) >= 11 is 0. The summed E-state index contributed by atoms with van der Waals surface area (Å²) in [5, 5.41) is 2.94. The van der Waals surface area contributed by atoms with E-state index in [2.05, 4.69) is 10.3 Å². The number of nitrogens with one attached hydrogen (secondary N) is 1. The topological polar surface area (TPSA) is 85.7 Å². The molecule has 2 aromatic carbocycles. The van der Waals surface area contributed by atoms with Crippen LogP contribution in [0.4, 0.5) is 5.69 Å². The van der Waals surface area contributed by atoms with E-state index in [9.17, 15) is 9.59 Å². The van der Waals surface area contributed by atoms with E-state index in [1.165, 1.54) is 0 Å². The summed E-state index contributed by atoms with van der Waals surface area (Å²) in [6.07, 6.45) is 3.42. The quantitative estimate of drug-likeness (QED) is 0.551. The zero-order chi connectivity index (χ0) is 24.1. The Labute approximate surface area is 199 Å². The first-order valence-electron chi connectivity index (χ1n) is 11.7. The van der Waals surface area contributed by atoms with Gasteiger partial charge in [-0.2, -0.15) is 0 Å². The van der Waals surface area contributed by atoms with Crippen LogP contribution in [0.15, 0.2) is 42.5 Å². The Morgan fingerprint density at radius 3 is 2.74 bits per heavy atom. The molecule has 34 heavy (non-hydrogen) atoms. The van der Waals surface area contributed by atoms with Crippen LogP contribution < -0.4 is 5.32 Å². The van der Waals surface area contributed by atoms with E-state index >= 15 is 0 Å². The van der Waals surface area contributed by atoms with Crippen LogP contribution in [0.5, 0.6) is 0 Å². The van der Waals surface area contributed by atoms with E-state index in [4.69, 9.17) is 9.47 Å². The molecule has 1 atom stereocenters. The molecule has 1 aromatic heterocycles. The van der Waals surface area contributed by atoms with Gasteiger partial charge in [0, 0.05) is 40.0 Å². The van der Waals surface area contributed by atoms with Gasteiger partial charge >= 0.3 is 0 Å². The average Bonchev–Trinajstić information content (AvgIpc) is 3.14. The van der Waals surface area contributed by atoms with Gasteiger partial charge in [-0.3, -0.25) is 9.59 Å². The van der Waals surface area contributed by atoms with E-state index < -0.39 is 0 Å². The number of likely N-dealkylation sites (N-methyl/N-ethyl adjacent to an activating group) is 1. The summed E-state index contributed by atoms with van der Waals surface area (Å²) < 4.78 is 13.0. The van der Waals surface area contributed by atoms with Crippen molar-refractivity contribution in [2.24, 2.45) is 7.05 Å². The fourth-order valence-electron chi connectivity index (χ4n) is 4.43. The van der Waals surface area contributed by atoms with Crippen LogP contribution in [0.1, 0.15) is 41.0 Å². The van der Waals surface area contributed by atoms with Crippen LogP contribution in [0, 0.1) is 0 Å². The molecule has 0 spiro atoms. The van der Waals surface area contributed by atoms with Gasteiger partial charge in [0.2, 0.25) is 5.91 Å². The minimum Gasteiger partial charge on any atom is -0.377 e. The first-order chi connectivity index (χ1) is 16.5. The van der Waals surface area contributed by atoms with Crippen molar-refractivity contribution in [2.45, 2.75) is 38.4 Å². The smallest absolute Gasteiger partial charge is 0.255 e. The second-order valence-electron chi connectivity index (χ2n) is 8.80. The summed E-state index contributed by atoms with van der Waals surface area (Å²) in [7, 11) is 5.27. The Hall–Kier alpha value is -3.23. The minimum absolute atomic E-state index is 0.0440. The Bertz CT molecular complexity index is 1150. The number of hydrogen-bond donors (Lipinski definition) is 1. The molecule has 2 heterocycles. The lowest BCUT2D eigenvalue weighted by Gasteiger charge is -2.27. The average molecular weight is 465 g/mol. The molecule has 8 heteroatoms. The number of imidazole rings is 1. The molecule has 1 saturated heterocycles. The van der Waals surface area contributed by atoms with Gasteiger partial charge in [-0.1, -0.05) is 30.3 Å². The molecule has 0 saturated carbocycles. The van der Waals surface area contributed by atoms with Gasteiger partial charge in [-0.05, 0) is 37.0 Å². The highest BCUT2D eigenvalue weighted by Crippen LogP contribution is 2.27. The molecule has 2 amide bonds. The second-order valence-corrected chi connectivity index (χ2v) is 8.80. The number of fused-ring (bicyclic) bond motifs is 1. The number of methoxy groups -OCH3 is 1. The lowest BCUT2D eigenvalue weighted by Crippen LogP contribution is -2.37. The van der Waals surface area contributed by atoms with E-state index in [1.807, 2.05) is 41.9 Å². The molecule has 1 fully saturated rings. The Morgan fingerprint density at radius 2 is 2.03 bits per heavy atom. The molecule has 1 aliphatic rings. The fourth-order valence-corrected chi connectivity index (χ4v) is 4.43. The van der Waals surface area contributed by atoms with Crippen molar-refractivity contribution in [3.63, 3.8) is 0 Å². The van der Waals surface area contributed by atoms with Crippen LogP contribution in [0.3, 0.4) is 0 Å². The molecule has 4 rings (SSSR count). The molecule has 1 unspecified atom stereocenters. The highest BCUT2D eigenvalue weighted by atomic mass is 16.5. The monoisotopic (exact) mass is 464 g/mol. The first kappa shape index (κ1) is 23.9. The van der Waals surface area contributed by atoms with Crippen molar-refractivity contribution in [1.29, 1.82) is 0 Å². The van der Waals surface area contributed by atoms with E-state index in [0.29, 0.717) is 35.7 Å². The predicted molar refractivity (Wildman–Crippen MR) is 131 cm³/mol. The first-order valence-corrected chi connectivity index (χ1v) is 11.7. The number of anilines is 1. The van der Waals surface area contributed by atoms with E-state index in [1.54, 1.807) is 31.2 Å².